The summed E-state index contributed by atoms with van der Waals surface area (Å²) in [5.74, 6) is 0.124. The zero-order valence-electron chi connectivity index (χ0n) is 20.1. The first-order valence-electron chi connectivity index (χ1n) is 11.8. The maximum atomic E-state index is 12.8. The van der Waals surface area contributed by atoms with Crippen LogP contribution in [-0.4, -0.2) is 47.4 Å². The highest BCUT2D eigenvalue weighted by molar-refractivity contribution is 5.79. The van der Waals surface area contributed by atoms with Crippen molar-refractivity contribution in [3.63, 3.8) is 0 Å². The number of carbonyl (C=O) groups excluding carboxylic acids is 2. The van der Waals surface area contributed by atoms with Crippen molar-refractivity contribution in [2.75, 3.05) is 13.2 Å². The lowest BCUT2D eigenvalue weighted by Crippen LogP contribution is -2.71. The van der Waals surface area contributed by atoms with Gasteiger partial charge in [0.05, 0.1) is 17.6 Å². The number of carboxylic acid groups (broad SMARTS) is 1. The number of alkyl carbamates (subject to hydrolysis) is 1. The SMILES string of the molecule is CC(C)[C@H]1C[C@@H](NC(=O)OCC2c3ccccc3-c3ccccc32)C[N+]1(C(=O)[O-])C(C)(C)C. The van der Waals surface area contributed by atoms with Crippen molar-refractivity contribution in [2.45, 2.75) is 64.6 Å². The van der Waals surface area contributed by atoms with Crippen LogP contribution in [0, 0.1) is 5.92 Å². The third kappa shape index (κ3) is 3.90. The molecule has 0 spiro atoms. The molecule has 0 aromatic heterocycles. The molecule has 1 fully saturated rings. The average molecular weight is 451 g/mol. The number of nitrogens with one attached hydrogen (secondary N) is 1. The number of likely N-dealkylation sites (tertiary alicyclic amines) is 1. The van der Waals surface area contributed by atoms with Gasteiger partial charge in [0, 0.05) is 18.3 Å². The summed E-state index contributed by atoms with van der Waals surface area (Å²) < 4.78 is 5.52. The molecular formula is C27H34N2O4. The molecule has 1 saturated heterocycles. The number of fused-ring (bicyclic) bond motifs is 3. The second-order valence-electron chi connectivity index (χ2n) is 10.7. The molecule has 1 N–H and O–H groups in total. The zero-order chi connectivity index (χ0) is 24.0. The number of benzene rings is 2. The summed E-state index contributed by atoms with van der Waals surface area (Å²) in [5.41, 5.74) is 4.13. The van der Waals surface area contributed by atoms with Crippen LogP contribution in [0.25, 0.3) is 11.1 Å². The number of carbonyl (C=O) groups is 2. The fourth-order valence-corrected chi connectivity index (χ4v) is 5.98. The third-order valence-corrected chi connectivity index (χ3v) is 7.56. The second-order valence-corrected chi connectivity index (χ2v) is 10.7. The lowest BCUT2D eigenvalue weighted by molar-refractivity contribution is -0.933. The smallest absolute Gasteiger partial charge is 0.407 e. The molecule has 2 aromatic rings. The monoisotopic (exact) mass is 450 g/mol. The number of ether oxygens (including phenoxy) is 1. The van der Waals surface area contributed by atoms with Crippen molar-refractivity contribution < 1.29 is 23.9 Å². The standard InChI is InChI=1S/C27H34N2O4/c1-17(2)24-14-18(15-29(24,26(31)32)27(3,4)5)28-25(30)33-16-23-21-12-8-6-10-19(21)20-11-7-9-13-22(20)23/h6-13,17-18,23-24H,14-16H2,1-5H3,(H-,28,30,31,32)/t18-,24-,29?/m1/s1. The molecule has 0 saturated carbocycles. The molecule has 1 aliphatic heterocycles. The minimum atomic E-state index is -1.09. The molecule has 1 aliphatic carbocycles. The van der Waals surface area contributed by atoms with Gasteiger partial charge in [-0.2, -0.15) is 0 Å². The van der Waals surface area contributed by atoms with Gasteiger partial charge in [-0.1, -0.05) is 62.4 Å². The highest BCUT2D eigenvalue weighted by Crippen LogP contribution is 2.44. The fraction of sp³-hybridized carbons (Fsp3) is 0.481. The molecule has 0 bridgehead atoms. The van der Waals surface area contributed by atoms with E-state index in [1.165, 1.54) is 11.1 Å². The van der Waals surface area contributed by atoms with Crippen LogP contribution < -0.4 is 10.4 Å². The third-order valence-electron chi connectivity index (χ3n) is 7.56. The summed E-state index contributed by atoms with van der Waals surface area (Å²) in [6.45, 7) is 10.4. The maximum Gasteiger partial charge on any atom is 0.407 e. The molecule has 176 valence electrons. The van der Waals surface area contributed by atoms with Crippen molar-refractivity contribution in [2.24, 2.45) is 5.92 Å². The largest absolute Gasteiger partial charge is 0.498 e. The van der Waals surface area contributed by atoms with E-state index in [2.05, 4.69) is 29.6 Å². The Morgan fingerprint density at radius 1 is 1.06 bits per heavy atom. The number of hydrogen-bond donors (Lipinski definition) is 1. The van der Waals surface area contributed by atoms with Crippen LogP contribution in [0.4, 0.5) is 9.59 Å². The maximum absolute atomic E-state index is 12.8. The van der Waals surface area contributed by atoms with Crippen molar-refractivity contribution >= 4 is 12.2 Å². The van der Waals surface area contributed by atoms with Crippen LogP contribution in [0.15, 0.2) is 48.5 Å². The summed E-state index contributed by atoms with van der Waals surface area (Å²) in [5, 5.41) is 15.3. The molecule has 1 unspecified atom stereocenters. The molecule has 6 nitrogen and oxygen atoms in total. The second kappa shape index (κ2) is 8.49. The Labute approximate surface area is 196 Å². The van der Waals surface area contributed by atoms with E-state index in [-0.39, 0.29) is 35.0 Å². The number of nitrogens with zero attached hydrogens (tertiary/aromatic N) is 1. The molecule has 3 atom stereocenters. The molecule has 6 heteroatoms. The van der Waals surface area contributed by atoms with Gasteiger partial charge >= 0.3 is 6.09 Å². The minimum Gasteiger partial charge on any atom is -0.498 e. The Kier molecular flexibility index (Phi) is 5.99. The van der Waals surface area contributed by atoms with E-state index in [0.29, 0.717) is 13.0 Å². The molecule has 4 rings (SSSR count). The molecule has 2 amide bonds. The lowest BCUT2D eigenvalue weighted by atomic mass is 9.93. The highest BCUT2D eigenvalue weighted by atomic mass is 16.5. The van der Waals surface area contributed by atoms with Gasteiger partial charge in [-0.3, -0.25) is 4.48 Å². The predicted octanol–water partition coefficient (Wildman–Crippen LogP) is 4.28. The Balaban J connectivity index is 1.47. The van der Waals surface area contributed by atoms with Crippen LogP contribution in [0.5, 0.6) is 0 Å². The van der Waals surface area contributed by atoms with Crippen LogP contribution in [0.1, 0.15) is 58.1 Å². The molecule has 0 radical (unpaired) electrons. The molecule has 2 aliphatic rings. The summed E-state index contributed by atoms with van der Waals surface area (Å²) in [7, 11) is 0. The van der Waals surface area contributed by atoms with Gasteiger partial charge in [0.15, 0.2) is 0 Å². The Morgan fingerprint density at radius 3 is 2.06 bits per heavy atom. The van der Waals surface area contributed by atoms with E-state index < -0.39 is 17.7 Å². The van der Waals surface area contributed by atoms with E-state index in [1.807, 2.05) is 58.9 Å². The fourth-order valence-electron chi connectivity index (χ4n) is 5.98. The van der Waals surface area contributed by atoms with Crippen LogP contribution >= 0.6 is 0 Å². The van der Waals surface area contributed by atoms with Crippen molar-refractivity contribution in [1.29, 1.82) is 0 Å². The van der Waals surface area contributed by atoms with Crippen LogP contribution in [0.2, 0.25) is 0 Å². The summed E-state index contributed by atoms with van der Waals surface area (Å²) in [4.78, 5) is 25.2. The van der Waals surface area contributed by atoms with Gasteiger partial charge in [-0.25, -0.2) is 4.79 Å². The first kappa shape index (κ1) is 23.3. The lowest BCUT2D eigenvalue weighted by Gasteiger charge is -2.50. The quantitative estimate of drug-likeness (QED) is 0.705. The first-order chi connectivity index (χ1) is 15.6. The van der Waals surface area contributed by atoms with Crippen LogP contribution in [-0.2, 0) is 4.74 Å². The molecule has 2 aromatic carbocycles. The zero-order valence-corrected chi connectivity index (χ0v) is 20.1. The van der Waals surface area contributed by atoms with Gasteiger partial charge in [0.25, 0.3) is 6.09 Å². The summed E-state index contributed by atoms with van der Waals surface area (Å²) in [6.07, 6.45) is -1.01. The Bertz CT molecular complexity index is 1010. The Morgan fingerprint density at radius 2 is 1.61 bits per heavy atom. The highest BCUT2D eigenvalue weighted by Gasteiger charge is 2.56. The van der Waals surface area contributed by atoms with Crippen LogP contribution in [0.3, 0.4) is 0 Å². The van der Waals surface area contributed by atoms with Crippen molar-refractivity contribution in [3.05, 3.63) is 59.7 Å². The van der Waals surface area contributed by atoms with E-state index in [0.717, 1.165) is 11.1 Å². The van der Waals surface area contributed by atoms with E-state index >= 15 is 0 Å². The van der Waals surface area contributed by atoms with E-state index in [1.54, 1.807) is 0 Å². The predicted molar refractivity (Wildman–Crippen MR) is 126 cm³/mol. The number of amides is 2. The topological polar surface area (TPSA) is 78.5 Å². The molecule has 1 heterocycles. The minimum absolute atomic E-state index is 0.0113. The van der Waals surface area contributed by atoms with Gasteiger partial charge in [-0.15, -0.1) is 0 Å². The number of quaternary nitrogens is 1. The van der Waals surface area contributed by atoms with Crippen molar-refractivity contribution in [3.8, 4) is 11.1 Å². The average Bonchev–Trinajstić information content (AvgIpc) is 3.29. The normalized spacial score (nSPS) is 24.4. The Hall–Kier alpha value is -2.86. The first-order valence-corrected chi connectivity index (χ1v) is 11.8. The molecular weight excluding hydrogens is 416 g/mol. The van der Waals surface area contributed by atoms with Gasteiger partial charge in [0.1, 0.15) is 13.2 Å². The van der Waals surface area contributed by atoms with Gasteiger partial charge in [-0.05, 0) is 43.0 Å². The van der Waals surface area contributed by atoms with E-state index in [4.69, 9.17) is 4.74 Å². The van der Waals surface area contributed by atoms with Crippen molar-refractivity contribution in [1.82, 2.24) is 5.32 Å². The number of hydrogen-bond acceptors (Lipinski definition) is 4. The summed E-state index contributed by atoms with van der Waals surface area (Å²) in [6, 6.07) is 16.0. The van der Waals surface area contributed by atoms with Gasteiger partial charge in [0.2, 0.25) is 0 Å². The van der Waals surface area contributed by atoms with Gasteiger partial charge < -0.3 is 20.0 Å². The number of rotatable bonds is 4. The molecule has 33 heavy (non-hydrogen) atoms. The summed E-state index contributed by atoms with van der Waals surface area (Å²) >= 11 is 0. The van der Waals surface area contributed by atoms with E-state index in [9.17, 15) is 14.7 Å².